The maximum atomic E-state index is 12.8. The number of nitrogens with zero attached hydrogens (tertiary/aromatic N) is 2. The summed E-state index contributed by atoms with van der Waals surface area (Å²) in [6, 6.07) is 2.44. The number of fused-ring (bicyclic) bond motifs is 1. The molecular weight excluding hydrogens is 298 g/mol. The van der Waals surface area contributed by atoms with E-state index in [-0.39, 0.29) is 29.6 Å². The van der Waals surface area contributed by atoms with Crippen molar-refractivity contribution in [1.29, 1.82) is 0 Å². The van der Waals surface area contributed by atoms with Crippen molar-refractivity contribution >= 4 is 23.5 Å². The summed E-state index contributed by atoms with van der Waals surface area (Å²) in [5.74, 6) is 0.0649. The van der Waals surface area contributed by atoms with Crippen molar-refractivity contribution in [2.45, 2.75) is 52.9 Å². The summed E-state index contributed by atoms with van der Waals surface area (Å²) in [5, 5.41) is 0. The number of esters is 1. The molecule has 0 fully saturated rings. The second kappa shape index (κ2) is 6.44. The standard InChI is InChI=1S/C16H23N3O4/c1-8(2)13-15(20)19(10(5)16(21)22-9(3)4)14-11(23-13)6-7-12(17)18-14/h6-10,13H,1-5H3,(H2,17,18). The number of carbonyl (C=O) groups is 2. The maximum Gasteiger partial charge on any atom is 0.329 e. The number of ether oxygens (including phenoxy) is 2. The van der Waals surface area contributed by atoms with Crippen LogP contribution >= 0.6 is 0 Å². The Kier molecular flexibility index (Phi) is 4.77. The molecule has 1 aliphatic heterocycles. The molecule has 0 saturated carbocycles. The number of aromatic nitrogens is 1. The Labute approximate surface area is 135 Å². The van der Waals surface area contributed by atoms with Crippen molar-refractivity contribution in [3.05, 3.63) is 12.1 Å². The van der Waals surface area contributed by atoms with Crippen LogP contribution in [0.4, 0.5) is 11.6 Å². The lowest BCUT2D eigenvalue weighted by Crippen LogP contribution is -2.54. The SMILES string of the molecule is CC(C)OC(=O)C(C)N1C(=O)C(C(C)C)Oc2ccc(N)nc21. The molecule has 0 bridgehead atoms. The van der Waals surface area contributed by atoms with Crippen molar-refractivity contribution in [3.63, 3.8) is 0 Å². The van der Waals surface area contributed by atoms with Gasteiger partial charge in [0.2, 0.25) is 0 Å². The van der Waals surface area contributed by atoms with Crippen LogP contribution in [-0.2, 0) is 14.3 Å². The van der Waals surface area contributed by atoms with E-state index in [9.17, 15) is 9.59 Å². The summed E-state index contributed by atoms with van der Waals surface area (Å²) in [6.45, 7) is 8.89. The third-order valence-electron chi connectivity index (χ3n) is 3.51. The molecule has 7 heteroatoms. The van der Waals surface area contributed by atoms with E-state index in [0.717, 1.165) is 0 Å². The van der Waals surface area contributed by atoms with Crippen molar-refractivity contribution in [2.24, 2.45) is 5.92 Å². The molecule has 23 heavy (non-hydrogen) atoms. The van der Waals surface area contributed by atoms with Crippen LogP contribution in [0.25, 0.3) is 0 Å². The van der Waals surface area contributed by atoms with Crippen LogP contribution in [0.5, 0.6) is 5.75 Å². The van der Waals surface area contributed by atoms with Crippen LogP contribution < -0.4 is 15.4 Å². The average Bonchev–Trinajstić information content (AvgIpc) is 2.45. The topological polar surface area (TPSA) is 94.8 Å². The van der Waals surface area contributed by atoms with Gasteiger partial charge in [-0.25, -0.2) is 9.78 Å². The molecule has 0 spiro atoms. The van der Waals surface area contributed by atoms with Crippen molar-refractivity contribution in [1.82, 2.24) is 4.98 Å². The van der Waals surface area contributed by atoms with Crippen molar-refractivity contribution in [2.75, 3.05) is 10.6 Å². The highest BCUT2D eigenvalue weighted by atomic mass is 16.5. The molecular formula is C16H23N3O4. The fourth-order valence-corrected chi connectivity index (χ4v) is 2.38. The highest BCUT2D eigenvalue weighted by molar-refractivity contribution is 6.03. The second-order valence-electron chi connectivity index (χ2n) is 6.21. The van der Waals surface area contributed by atoms with Gasteiger partial charge in [-0.3, -0.25) is 9.69 Å². The van der Waals surface area contributed by atoms with Gasteiger partial charge in [-0.15, -0.1) is 0 Å². The Balaban J connectivity index is 2.44. The second-order valence-corrected chi connectivity index (χ2v) is 6.21. The minimum absolute atomic E-state index is 0.0518. The molecule has 0 saturated heterocycles. The molecule has 0 radical (unpaired) electrons. The van der Waals surface area contributed by atoms with Crippen LogP contribution in [0.15, 0.2) is 12.1 Å². The van der Waals surface area contributed by atoms with Gasteiger partial charge in [-0.1, -0.05) is 13.8 Å². The van der Waals surface area contributed by atoms with Crippen molar-refractivity contribution < 1.29 is 19.1 Å². The zero-order valence-corrected chi connectivity index (χ0v) is 14.1. The number of carbonyl (C=O) groups excluding carboxylic acids is 2. The molecule has 126 valence electrons. The van der Waals surface area contributed by atoms with Gasteiger partial charge in [-0.2, -0.15) is 0 Å². The lowest BCUT2D eigenvalue weighted by Gasteiger charge is -2.37. The van der Waals surface area contributed by atoms with Gasteiger partial charge in [-0.05, 0) is 38.8 Å². The number of nitrogens with two attached hydrogens (primary N) is 1. The van der Waals surface area contributed by atoms with Gasteiger partial charge in [0.1, 0.15) is 11.9 Å². The van der Waals surface area contributed by atoms with E-state index in [1.54, 1.807) is 32.9 Å². The molecule has 1 aromatic heterocycles. The zero-order chi connectivity index (χ0) is 17.3. The van der Waals surface area contributed by atoms with Crippen LogP contribution in [-0.4, -0.2) is 35.1 Å². The Morgan fingerprint density at radius 2 is 1.96 bits per heavy atom. The average molecular weight is 321 g/mol. The van der Waals surface area contributed by atoms with E-state index < -0.39 is 18.1 Å². The molecule has 1 aromatic rings. The number of hydrogen-bond acceptors (Lipinski definition) is 6. The van der Waals surface area contributed by atoms with Gasteiger partial charge < -0.3 is 15.2 Å². The Morgan fingerprint density at radius 1 is 1.30 bits per heavy atom. The van der Waals surface area contributed by atoms with E-state index in [0.29, 0.717) is 5.75 Å². The van der Waals surface area contributed by atoms with Gasteiger partial charge in [0.15, 0.2) is 17.7 Å². The quantitative estimate of drug-likeness (QED) is 0.849. The summed E-state index contributed by atoms with van der Waals surface area (Å²) >= 11 is 0. The lowest BCUT2D eigenvalue weighted by molar-refractivity contribution is -0.150. The predicted molar refractivity (Wildman–Crippen MR) is 86.1 cm³/mol. The van der Waals surface area contributed by atoms with E-state index in [2.05, 4.69) is 4.98 Å². The number of anilines is 2. The lowest BCUT2D eigenvalue weighted by atomic mass is 10.0. The molecule has 2 N–H and O–H groups in total. The Hall–Kier alpha value is -2.31. The summed E-state index contributed by atoms with van der Waals surface area (Å²) in [6.07, 6.45) is -0.947. The van der Waals surface area contributed by atoms with E-state index in [1.807, 2.05) is 13.8 Å². The van der Waals surface area contributed by atoms with Gasteiger partial charge in [0.25, 0.3) is 5.91 Å². The van der Waals surface area contributed by atoms with Gasteiger partial charge in [0, 0.05) is 0 Å². The van der Waals surface area contributed by atoms with Crippen LogP contribution in [0.3, 0.4) is 0 Å². The van der Waals surface area contributed by atoms with Crippen LogP contribution in [0, 0.1) is 5.92 Å². The Bertz CT molecular complexity index is 615. The smallest absolute Gasteiger partial charge is 0.329 e. The molecule has 2 atom stereocenters. The molecule has 2 unspecified atom stereocenters. The highest BCUT2D eigenvalue weighted by Crippen LogP contribution is 2.36. The minimum Gasteiger partial charge on any atom is -0.476 e. The molecule has 1 aliphatic rings. The van der Waals surface area contributed by atoms with E-state index in [1.165, 1.54) is 4.90 Å². The summed E-state index contributed by atoms with van der Waals surface area (Å²) < 4.78 is 11.0. The first-order chi connectivity index (χ1) is 10.7. The van der Waals surface area contributed by atoms with Crippen molar-refractivity contribution in [3.8, 4) is 5.75 Å². The van der Waals surface area contributed by atoms with Gasteiger partial charge in [0.05, 0.1) is 6.10 Å². The van der Waals surface area contributed by atoms with E-state index in [4.69, 9.17) is 15.2 Å². The maximum absolute atomic E-state index is 12.8. The largest absolute Gasteiger partial charge is 0.476 e. The first-order valence-electron chi connectivity index (χ1n) is 7.69. The first kappa shape index (κ1) is 17.1. The predicted octanol–water partition coefficient (Wildman–Crippen LogP) is 1.75. The molecule has 2 rings (SSSR count). The summed E-state index contributed by atoms with van der Waals surface area (Å²) in [5.41, 5.74) is 5.72. The zero-order valence-electron chi connectivity index (χ0n) is 14.1. The van der Waals surface area contributed by atoms with Crippen LogP contribution in [0.2, 0.25) is 0 Å². The molecule has 1 amide bonds. The molecule has 7 nitrogen and oxygen atoms in total. The highest BCUT2D eigenvalue weighted by Gasteiger charge is 2.42. The number of rotatable bonds is 4. The molecule has 0 aliphatic carbocycles. The number of amides is 1. The third kappa shape index (κ3) is 3.38. The molecule has 0 aromatic carbocycles. The molecule has 2 heterocycles. The normalized spacial score (nSPS) is 18.7. The fraction of sp³-hybridized carbons (Fsp3) is 0.562. The minimum atomic E-state index is -0.817. The monoisotopic (exact) mass is 321 g/mol. The number of hydrogen-bond donors (Lipinski definition) is 1. The third-order valence-corrected chi connectivity index (χ3v) is 3.51. The summed E-state index contributed by atoms with van der Waals surface area (Å²) in [4.78, 5) is 30.5. The van der Waals surface area contributed by atoms with Crippen LogP contribution in [0.1, 0.15) is 34.6 Å². The Morgan fingerprint density at radius 3 is 2.52 bits per heavy atom. The fourth-order valence-electron chi connectivity index (χ4n) is 2.38. The first-order valence-corrected chi connectivity index (χ1v) is 7.69. The number of pyridine rings is 1. The number of nitrogen functional groups attached to an aromatic ring is 1. The van der Waals surface area contributed by atoms with E-state index >= 15 is 0 Å². The summed E-state index contributed by atoms with van der Waals surface area (Å²) in [7, 11) is 0. The van der Waals surface area contributed by atoms with Gasteiger partial charge >= 0.3 is 5.97 Å².